The molecule has 1 atom stereocenters. The predicted octanol–water partition coefficient (Wildman–Crippen LogP) is 2.04. The fourth-order valence-corrected chi connectivity index (χ4v) is 3.45. The van der Waals surface area contributed by atoms with E-state index in [1.807, 2.05) is 0 Å². The third-order valence-electron chi connectivity index (χ3n) is 3.46. The number of carbonyl (C=O) groups is 1. The van der Waals surface area contributed by atoms with Crippen LogP contribution in [0.3, 0.4) is 0 Å². The molecular weight excluding hydrogens is 319 g/mol. The second-order valence-corrected chi connectivity index (χ2v) is 7.43. The SMILES string of the molecule is CC(C(=O)N(C)Cc1ccccn1)S(=O)(=O)c1ccc(F)cc1. The zero-order valence-electron chi connectivity index (χ0n) is 12.8. The third-order valence-corrected chi connectivity index (χ3v) is 5.52. The standard InChI is InChI=1S/C16H17FN2O3S/c1-12(23(21,22)15-8-6-13(17)7-9-15)16(20)19(2)11-14-5-3-4-10-18-14/h3-10,12H,11H2,1-2H3. The van der Waals surface area contributed by atoms with Gasteiger partial charge in [0, 0.05) is 13.2 Å². The smallest absolute Gasteiger partial charge is 0.241 e. The van der Waals surface area contributed by atoms with Crippen molar-refractivity contribution in [3.8, 4) is 0 Å². The molecule has 1 aromatic carbocycles. The summed E-state index contributed by atoms with van der Waals surface area (Å²) in [5, 5.41) is -1.26. The second kappa shape index (κ2) is 6.87. The molecule has 1 amide bonds. The summed E-state index contributed by atoms with van der Waals surface area (Å²) in [4.78, 5) is 17.7. The highest BCUT2D eigenvalue weighted by Gasteiger charge is 2.31. The molecule has 0 aliphatic heterocycles. The minimum absolute atomic E-state index is 0.0778. The maximum Gasteiger partial charge on any atom is 0.241 e. The number of hydrogen-bond acceptors (Lipinski definition) is 4. The first-order valence-electron chi connectivity index (χ1n) is 6.96. The summed E-state index contributed by atoms with van der Waals surface area (Å²) in [5.41, 5.74) is 0.662. The van der Waals surface area contributed by atoms with Gasteiger partial charge in [0.05, 0.1) is 17.1 Å². The van der Waals surface area contributed by atoms with Gasteiger partial charge in [0.2, 0.25) is 5.91 Å². The van der Waals surface area contributed by atoms with E-state index in [2.05, 4.69) is 4.98 Å². The van der Waals surface area contributed by atoms with E-state index < -0.39 is 26.8 Å². The van der Waals surface area contributed by atoms with Crippen molar-refractivity contribution in [3.05, 3.63) is 60.2 Å². The van der Waals surface area contributed by atoms with Crippen LogP contribution in [0, 0.1) is 5.82 Å². The summed E-state index contributed by atoms with van der Waals surface area (Å²) in [6.45, 7) is 1.54. The Labute approximate surface area is 134 Å². The molecule has 0 aliphatic rings. The molecule has 1 unspecified atom stereocenters. The van der Waals surface area contributed by atoms with Crippen molar-refractivity contribution in [2.75, 3.05) is 7.05 Å². The van der Waals surface area contributed by atoms with Crippen LogP contribution in [0.2, 0.25) is 0 Å². The van der Waals surface area contributed by atoms with E-state index >= 15 is 0 Å². The molecule has 0 radical (unpaired) electrons. The molecule has 7 heteroatoms. The number of benzene rings is 1. The van der Waals surface area contributed by atoms with Crippen LogP contribution in [-0.4, -0.2) is 36.5 Å². The van der Waals surface area contributed by atoms with Crippen molar-refractivity contribution in [3.63, 3.8) is 0 Å². The van der Waals surface area contributed by atoms with Crippen LogP contribution in [0.5, 0.6) is 0 Å². The first kappa shape index (κ1) is 17.1. The van der Waals surface area contributed by atoms with Crippen LogP contribution >= 0.6 is 0 Å². The van der Waals surface area contributed by atoms with Crippen molar-refractivity contribution in [1.29, 1.82) is 0 Å². The van der Waals surface area contributed by atoms with E-state index in [4.69, 9.17) is 0 Å². The molecule has 0 fully saturated rings. The lowest BCUT2D eigenvalue weighted by Gasteiger charge is -2.21. The average molecular weight is 336 g/mol. The Morgan fingerprint density at radius 2 is 1.87 bits per heavy atom. The highest BCUT2D eigenvalue weighted by Crippen LogP contribution is 2.18. The summed E-state index contributed by atoms with van der Waals surface area (Å²) >= 11 is 0. The minimum atomic E-state index is -3.87. The van der Waals surface area contributed by atoms with Gasteiger partial charge in [-0.05, 0) is 43.3 Å². The Morgan fingerprint density at radius 1 is 1.22 bits per heavy atom. The van der Waals surface area contributed by atoms with Crippen LogP contribution in [0.25, 0.3) is 0 Å². The molecule has 2 rings (SSSR count). The fraction of sp³-hybridized carbons (Fsp3) is 0.250. The van der Waals surface area contributed by atoms with Gasteiger partial charge >= 0.3 is 0 Å². The molecule has 0 saturated heterocycles. The van der Waals surface area contributed by atoms with Crippen molar-refractivity contribution in [1.82, 2.24) is 9.88 Å². The Balaban J connectivity index is 2.16. The van der Waals surface area contributed by atoms with Crippen molar-refractivity contribution < 1.29 is 17.6 Å². The van der Waals surface area contributed by atoms with E-state index in [0.29, 0.717) is 5.69 Å². The molecule has 0 aliphatic carbocycles. The van der Waals surface area contributed by atoms with Gasteiger partial charge < -0.3 is 4.90 Å². The Morgan fingerprint density at radius 3 is 2.43 bits per heavy atom. The molecule has 0 N–H and O–H groups in total. The number of amides is 1. The topological polar surface area (TPSA) is 67.3 Å². The molecule has 0 saturated carbocycles. The van der Waals surface area contributed by atoms with Gasteiger partial charge in [-0.2, -0.15) is 0 Å². The molecule has 1 heterocycles. The molecule has 1 aromatic heterocycles. The fourth-order valence-electron chi connectivity index (χ4n) is 2.08. The van der Waals surface area contributed by atoms with E-state index in [0.717, 1.165) is 24.3 Å². The van der Waals surface area contributed by atoms with E-state index in [-0.39, 0.29) is 11.4 Å². The van der Waals surface area contributed by atoms with Gasteiger partial charge in [-0.15, -0.1) is 0 Å². The summed E-state index contributed by atoms with van der Waals surface area (Å²) in [6.07, 6.45) is 1.60. The van der Waals surface area contributed by atoms with Gasteiger partial charge in [-0.25, -0.2) is 12.8 Å². The largest absolute Gasteiger partial charge is 0.339 e. The number of rotatable bonds is 5. The third kappa shape index (κ3) is 3.92. The first-order chi connectivity index (χ1) is 10.8. The molecule has 2 aromatic rings. The summed E-state index contributed by atoms with van der Waals surface area (Å²) in [5.74, 6) is -1.07. The minimum Gasteiger partial charge on any atom is -0.339 e. The summed E-state index contributed by atoms with van der Waals surface area (Å²) in [7, 11) is -2.35. The summed E-state index contributed by atoms with van der Waals surface area (Å²) in [6, 6.07) is 9.74. The second-order valence-electron chi connectivity index (χ2n) is 5.16. The number of pyridine rings is 1. The predicted molar refractivity (Wildman–Crippen MR) is 83.8 cm³/mol. The summed E-state index contributed by atoms with van der Waals surface area (Å²) < 4.78 is 37.8. The number of sulfone groups is 1. The van der Waals surface area contributed by atoms with Crippen molar-refractivity contribution in [2.24, 2.45) is 0 Å². The van der Waals surface area contributed by atoms with Crippen LogP contribution in [0.4, 0.5) is 4.39 Å². The number of hydrogen-bond donors (Lipinski definition) is 0. The van der Waals surface area contributed by atoms with Crippen molar-refractivity contribution in [2.45, 2.75) is 23.6 Å². The normalized spacial score (nSPS) is 12.7. The zero-order chi connectivity index (χ0) is 17.0. The lowest BCUT2D eigenvalue weighted by Crippen LogP contribution is -2.39. The van der Waals surface area contributed by atoms with E-state index in [9.17, 15) is 17.6 Å². The first-order valence-corrected chi connectivity index (χ1v) is 8.51. The van der Waals surface area contributed by atoms with Crippen LogP contribution in [0.15, 0.2) is 53.6 Å². The zero-order valence-corrected chi connectivity index (χ0v) is 13.6. The number of halogens is 1. The van der Waals surface area contributed by atoms with Crippen LogP contribution in [0.1, 0.15) is 12.6 Å². The monoisotopic (exact) mass is 336 g/mol. The maximum absolute atomic E-state index is 12.9. The average Bonchev–Trinajstić information content (AvgIpc) is 2.54. The van der Waals surface area contributed by atoms with Crippen LogP contribution < -0.4 is 0 Å². The molecule has 0 spiro atoms. The van der Waals surface area contributed by atoms with Gasteiger partial charge in [-0.3, -0.25) is 9.78 Å². The molecule has 122 valence electrons. The van der Waals surface area contributed by atoms with Crippen LogP contribution in [-0.2, 0) is 21.2 Å². The number of nitrogens with zero attached hydrogens (tertiary/aromatic N) is 2. The van der Waals surface area contributed by atoms with Gasteiger partial charge in [0.1, 0.15) is 11.1 Å². The van der Waals surface area contributed by atoms with Gasteiger partial charge in [0.15, 0.2) is 9.84 Å². The number of carbonyl (C=O) groups excluding carboxylic acids is 1. The lowest BCUT2D eigenvalue weighted by atomic mass is 10.3. The van der Waals surface area contributed by atoms with E-state index in [1.165, 1.54) is 18.9 Å². The van der Waals surface area contributed by atoms with Gasteiger partial charge in [0.25, 0.3) is 0 Å². The Hall–Kier alpha value is -2.28. The lowest BCUT2D eigenvalue weighted by molar-refractivity contribution is -0.129. The molecular formula is C16H17FN2O3S. The molecule has 0 bridgehead atoms. The van der Waals surface area contributed by atoms with Crippen molar-refractivity contribution >= 4 is 15.7 Å². The Kier molecular flexibility index (Phi) is 5.10. The van der Waals surface area contributed by atoms with E-state index in [1.54, 1.807) is 24.4 Å². The molecule has 23 heavy (non-hydrogen) atoms. The quantitative estimate of drug-likeness (QED) is 0.784. The maximum atomic E-state index is 12.9. The number of aromatic nitrogens is 1. The molecule has 5 nitrogen and oxygen atoms in total. The Bertz CT molecular complexity index is 777. The van der Waals surface area contributed by atoms with Gasteiger partial charge in [-0.1, -0.05) is 6.07 Å². The highest BCUT2D eigenvalue weighted by atomic mass is 32.2. The highest BCUT2D eigenvalue weighted by molar-refractivity contribution is 7.92.